The van der Waals surface area contributed by atoms with Crippen LogP contribution in [0.4, 0.5) is 0 Å². The Morgan fingerprint density at radius 2 is 1.89 bits per heavy atom. The summed E-state index contributed by atoms with van der Waals surface area (Å²) in [6, 6.07) is 0. The number of nitrogens with zero attached hydrogens (tertiary/aromatic N) is 2. The summed E-state index contributed by atoms with van der Waals surface area (Å²) < 4.78 is 18.9. The maximum absolute atomic E-state index is 5.60. The van der Waals surface area contributed by atoms with E-state index in [1.807, 2.05) is 11.7 Å². The Morgan fingerprint density at radius 3 is 2.53 bits per heavy atom. The summed E-state index contributed by atoms with van der Waals surface area (Å²) >= 11 is 3.57. The lowest BCUT2D eigenvalue weighted by Gasteiger charge is -2.06. The van der Waals surface area contributed by atoms with Gasteiger partial charge in [-0.3, -0.25) is 4.68 Å². The molecule has 0 spiro atoms. The fraction of sp³-hybridized carbons (Fsp3) is 0.769. The van der Waals surface area contributed by atoms with Crippen LogP contribution in [0.1, 0.15) is 24.7 Å². The normalized spacial score (nSPS) is 11.2. The van der Waals surface area contributed by atoms with Crippen molar-refractivity contribution in [3.63, 3.8) is 0 Å². The van der Waals surface area contributed by atoms with Crippen molar-refractivity contribution in [1.29, 1.82) is 0 Å². The van der Waals surface area contributed by atoms with Crippen LogP contribution in [0.3, 0.4) is 0 Å². The molecule has 0 bridgehead atoms. The van der Waals surface area contributed by atoms with Crippen molar-refractivity contribution < 1.29 is 14.2 Å². The lowest BCUT2D eigenvalue weighted by molar-refractivity contribution is 0.0317. The maximum Gasteiger partial charge on any atom is 0.0897 e. The standard InChI is InChI=1S/C13H23BrN2O3/c1-4-11-13(14)12(16(2)15-11)10-19-9-8-18-7-5-6-17-3/h4-10H2,1-3H3. The van der Waals surface area contributed by atoms with Crippen molar-refractivity contribution >= 4 is 15.9 Å². The van der Waals surface area contributed by atoms with E-state index in [9.17, 15) is 0 Å². The van der Waals surface area contributed by atoms with E-state index >= 15 is 0 Å². The quantitative estimate of drug-likeness (QED) is 0.616. The molecule has 0 atom stereocenters. The van der Waals surface area contributed by atoms with Crippen LogP contribution in [0.2, 0.25) is 0 Å². The van der Waals surface area contributed by atoms with Crippen molar-refractivity contribution in [3.8, 4) is 0 Å². The number of aryl methyl sites for hydroxylation is 2. The van der Waals surface area contributed by atoms with Gasteiger partial charge in [-0.25, -0.2) is 0 Å². The Morgan fingerprint density at radius 1 is 1.16 bits per heavy atom. The van der Waals surface area contributed by atoms with E-state index in [1.165, 1.54) is 0 Å². The summed E-state index contributed by atoms with van der Waals surface area (Å²) in [7, 11) is 3.63. The highest BCUT2D eigenvalue weighted by atomic mass is 79.9. The second-order valence-electron chi connectivity index (χ2n) is 4.20. The van der Waals surface area contributed by atoms with Crippen molar-refractivity contribution in [2.45, 2.75) is 26.4 Å². The van der Waals surface area contributed by atoms with Crippen LogP contribution in [-0.2, 0) is 34.3 Å². The first-order valence-electron chi connectivity index (χ1n) is 6.55. The van der Waals surface area contributed by atoms with Crippen LogP contribution < -0.4 is 0 Å². The van der Waals surface area contributed by atoms with E-state index in [0.29, 0.717) is 26.4 Å². The van der Waals surface area contributed by atoms with Gasteiger partial charge in [-0.15, -0.1) is 0 Å². The molecule has 1 heterocycles. The number of rotatable bonds is 10. The van der Waals surface area contributed by atoms with Gasteiger partial charge in [-0.2, -0.15) is 5.10 Å². The van der Waals surface area contributed by atoms with Crippen LogP contribution in [-0.4, -0.2) is 43.3 Å². The third-order valence-corrected chi connectivity index (χ3v) is 3.67. The highest BCUT2D eigenvalue weighted by Gasteiger charge is 2.11. The minimum atomic E-state index is 0.547. The zero-order valence-electron chi connectivity index (χ0n) is 11.9. The van der Waals surface area contributed by atoms with Crippen LogP contribution in [0, 0.1) is 0 Å². The second-order valence-corrected chi connectivity index (χ2v) is 4.99. The molecule has 0 unspecified atom stereocenters. The highest BCUT2D eigenvalue weighted by Crippen LogP contribution is 2.22. The predicted octanol–water partition coefficient (Wildman–Crippen LogP) is 2.31. The number of hydrogen-bond donors (Lipinski definition) is 0. The summed E-state index contributed by atoms with van der Waals surface area (Å²) in [4.78, 5) is 0. The molecule has 0 aliphatic rings. The molecule has 6 heteroatoms. The van der Waals surface area contributed by atoms with Gasteiger partial charge in [-0.05, 0) is 28.8 Å². The first-order valence-corrected chi connectivity index (χ1v) is 7.34. The van der Waals surface area contributed by atoms with Gasteiger partial charge in [0.2, 0.25) is 0 Å². The Kier molecular flexibility index (Phi) is 8.29. The first kappa shape index (κ1) is 16.6. The molecular formula is C13H23BrN2O3. The van der Waals surface area contributed by atoms with Gasteiger partial charge in [-0.1, -0.05) is 6.92 Å². The SMILES string of the molecule is CCc1nn(C)c(COCCOCCCOC)c1Br. The summed E-state index contributed by atoms with van der Waals surface area (Å²) in [5.74, 6) is 0. The molecule has 0 aliphatic carbocycles. The Balaban J connectivity index is 2.17. The fourth-order valence-corrected chi connectivity index (χ4v) is 2.40. The van der Waals surface area contributed by atoms with Gasteiger partial charge < -0.3 is 14.2 Å². The fourth-order valence-electron chi connectivity index (χ4n) is 1.67. The van der Waals surface area contributed by atoms with Gasteiger partial charge in [0.05, 0.1) is 35.7 Å². The molecule has 0 aromatic carbocycles. The molecule has 0 aliphatic heterocycles. The monoisotopic (exact) mass is 334 g/mol. The zero-order chi connectivity index (χ0) is 14.1. The molecule has 0 saturated heterocycles. The molecule has 1 aromatic heterocycles. The molecule has 19 heavy (non-hydrogen) atoms. The summed E-state index contributed by atoms with van der Waals surface area (Å²) in [6.45, 7) is 5.29. The van der Waals surface area contributed by atoms with E-state index in [-0.39, 0.29) is 0 Å². The maximum atomic E-state index is 5.60. The van der Waals surface area contributed by atoms with Gasteiger partial charge in [0.25, 0.3) is 0 Å². The number of aromatic nitrogens is 2. The molecule has 0 radical (unpaired) electrons. The lowest BCUT2D eigenvalue weighted by atomic mass is 10.3. The predicted molar refractivity (Wildman–Crippen MR) is 77.3 cm³/mol. The van der Waals surface area contributed by atoms with Crippen LogP contribution in [0.25, 0.3) is 0 Å². The number of ether oxygens (including phenoxy) is 3. The van der Waals surface area contributed by atoms with Crippen LogP contribution in [0.15, 0.2) is 4.47 Å². The average molecular weight is 335 g/mol. The molecule has 110 valence electrons. The van der Waals surface area contributed by atoms with Crippen molar-refractivity contribution in [1.82, 2.24) is 9.78 Å². The van der Waals surface area contributed by atoms with Crippen LogP contribution >= 0.6 is 15.9 Å². The number of methoxy groups -OCH3 is 1. The molecule has 1 rings (SSSR count). The van der Waals surface area contributed by atoms with Crippen LogP contribution in [0.5, 0.6) is 0 Å². The topological polar surface area (TPSA) is 45.5 Å². The Bertz CT molecular complexity index is 369. The smallest absolute Gasteiger partial charge is 0.0897 e. The largest absolute Gasteiger partial charge is 0.385 e. The zero-order valence-corrected chi connectivity index (χ0v) is 13.5. The minimum Gasteiger partial charge on any atom is -0.385 e. The van der Waals surface area contributed by atoms with Gasteiger partial charge in [0.1, 0.15) is 0 Å². The van der Waals surface area contributed by atoms with Crippen molar-refractivity contribution in [2.75, 3.05) is 33.5 Å². The second kappa shape index (κ2) is 9.47. The van der Waals surface area contributed by atoms with Gasteiger partial charge in [0.15, 0.2) is 0 Å². The van der Waals surface area contributed by atoms with E-state index in [0.717, 1.165) is 35.3 Å². The molecule has 1 aromatic rings. The number of halogens is 1. The van der Waals surface area contributed by atoms with Crippen molar-refractivity contribution in [3.05, 3.63) is 15.9 Å². The first-order chi connectivity index (χ1) is 9.20. The Labute approximate surface area is 123 Å². The molecule has 0 saturated carbocycles. The van der Waals surface area contributed by atoms with Gasteiger partial charge >= 0.3 is 0 Å². The Hall–Kier alpha value is -0.430. The summed E-state index contributed by atoms with van der Waals surface area (Å²) in [6.07, 6.45) is 1.83. The molecule has 0 fully saturated rings. The average Bonchev–Trinajstić information content (AvgIpc) is 2.68. The number of hydrogen-bond acceptors (Lipinski definition) is 4. The summed E-state index contributed by atoms with van der Waals surface area (Å²) in [5, 5.41) is 4.42. The molecule has 0 N–H and O–H groups in total. The third kappa shape index (κ3) is 5.60. The van der Waals surface area contributed by atoms with E-state index in [4.69, 9.17) is 14.2 Å². The minimum absolute atomic E-state index is 0.547. The van der Waals surface area contributed by atoms with Crippen molar-refractivity contribution in [2.24, 2.45) is 7.05 Å². The van der Waals surface area contributed by atoms with E-state index < -0.39 is 0 Å². The van der Waals surface area contributed by atoms with Gasteiger partial charge in [0, 0.05) is 27.4 Å². The third-order valence-electron chi connectivity index (χ3n) is 2.75. The highest BCUT2D eigenvalue weighted by molar-refractivity contribution is 9.10. The van der Waals surface area contributed by atoms with E-state index in [1.54, 1.807) is 7.11 Å². The molecular weight excluding hydrogens is 312 g/mol. The lowest BCUT2D eigenvalue weighted by Crippen LogP contribution is -2.08. The summed E-state index contributed by atoms with van der Waals surface area (Å²) in [5.41, 5.74) is 2.13. The molecule has 5 nitrogen and oxygen atoms in total. The van der Waals surface area contributed by atoms with E-state index in [2.05, 4.69) is 28.0 Å². The molecule has 0 amide bonds.